The van der Waals surface area contributed by atoms with Crippen molar-refractivity contribution in [3.8, 4) is 0 Å². The number of carboxylic acids is 1. The normalized spacial score (nSPS) is 17.9. The maximum Gasteiger partial charge on any atom is 0.309 e. The molecule has 1 aromatic rings. The van der Waals surface area contributed by atoms with Crippen LogP contribution < -0.4 is 0 Å². The van der Waals surface area contributed by atoms with Crippen molar-refractivity contribution in [2.45, 2.75) is 19.3 Å². The van der Waals surface area contributed by atoms with Gasteiger partial charge in [-0.3, -0.25) is 4.79 Å². The summed E-state index contributed by atoms with van der Waals surface area (Å²) < 4.78 is 0. The molecule has 0 saturated heterocycles. The van der Waals surface area contributed by atoms with E-state index in [2.05, 4.69) is 0 Å². The molecular weight excluding hydrogens is 188 g/mol. The van der Waals surface area contributed by atoms with Crippen LogP contribution in [-0.4, -0.2) is 11.1 Å². The summed E-state index contributed by atoms with van der Waals surface area (Å²) in [5.74, 6) is -0.653. The predicted octanol–water partition coefficient (Wildman–Crippen LogP) is 2.95. The van der Waals surface area contributed by atoms with Crippen molar-refractivity contribution in [1.29, 1.82) is 0 Å². The van der Waals surface area contributed by atoms with Crippen LogP contribution >= 0.6 is 0 Å². The van der Waals surface area contributed by atoms with Crippen LogP contribution in [0.25, 0.3) is 6.08 Å². The summed E-state index contributed by atoms with van der Waals surface area (Å²) in [4.78, 5) is 10.9. The SMILES string of the molecule is O=C(O)C1(CC=Cc2ccccc2)CC1. The highest BCUT2D eigenvalue weighted by Gasteiger charge is 2.48. The van der Waals surface area contributed by atoms with Gasteiger partial charge in [-0.05, 0) is 24.8 Å². The highest BCUT2D eigenvalue weighted by molar-refractivity contribution is 5.78. The third kappa shape index (κ3) is 2.27. The Kier molecular flexibility index (Phi) is 2.58. The number of hydrogen-bond acceptors (Lipinski definition) is 1. The van der Waals surface area contributed by atoms with Gasteiger partial charge in [0.1, 0.15) is 0 Å². The van der Waals surface area contributed by atoms with E-state index in [-0.39, 0.29) is 0 Å². The van der Waals surface area contributed by atoms with Gasteiger partial charge in [-0.15, -0.1) is 0 Å². The second kappa shape index (κ2) is 3.89. The van der Waals surface area contributed by atoms with Gasteiger partial charge in [0.25, 0.3) is 0 Å². The minimum Gasteiger partial charge on any atom is -0.481 e. The van der Waals surface area contributed by atoms with Crippen molar-refractivity contribution in [1.82, 2.24) is 0 Å². The topological polar surface area (TPSA) is 37.3 Å². The summed E-state index contributed by atoms with van der Waals surface area (Å²) in [5.41, 5.74) is 0.685. The maximum absolute atomic E-state index is 10.9. The number of rotatable bonds is 4. The highest BCUT2D eigenvalue weighted by Crippen LogP contribution is 2.49. The van der Waals surface area contributed by atoms with Gasteiger partial charge in [0.15, 0.2) is 0 Å². The molecule has 1 aliphatic carbocycles. The molecule has 0 heterocycles. The first-order valence-electron chi connectivity index (χ1n) is 5.18. The lowest BCUT2D eigenvalue weighted by molar-refractivity contribution is -0.143. The second-order valence-electron chi connectivity index (χ2n) is 4.10. The Hall–Kier alpha value is -1.57. The molecule has 1 aromatic carbocycles. The van der Waals surface area contributed by atoms with Crippen molar-refractivity contribution in [2.24, 2.45) is 5.41 Å². The summed E-state index contributed by atoms with van der Waals surface area (Å²) in [6, 6.07) is 9.94. The lowest BCUT2D eigenvalue weighted by Crippen LogP contribution is -2.13. The van der Waals surface area contributed by atoms with Gasteiger partial charge in [0.2, 0.25) is 0 Å². The van der Waals surface area contributed by atoms with Crippen LogP contribution in [-0.2, 0) is 4.79 Å². The van der Waals surface area contributed by atoms with Gasteiger partial charge in [0, 0.05) is 0 Å². The van der Waals surface area contributed by atoms with E-state index in [0.717, 1.165) is 18.4 Å². The average molecular weight is 202 g/mol. The van der Waals surface area contributed by atoms with E-state index in [9.17, 15) is 4.79 Å². The molecule has 78 valence electrons. The number of benzene rings is 1. The molecule has 2 nitrogen and oxygen atoms in total. The van der Waals surface area contributed by atoms with Crippen molar-refractivity contribution in [3.05, 3.63) is 42.0 Å². The van der Waals surface area contributed by atoms with Crippen LogP contribution in [0.5, 0.6) is 0 Å². The van der Waals surface area contributed by atoms with Crippen molar-refractivity contribution in [2.75, 3.05) is 0 Å². The molecule has 0 radical (unpaired) electrons. The molecule has 15 heavy (non-hydrogen) atoms. The largest absolute Gasteiger partial charge is 0.481 e. The van der Waals surface area contributed by atoms with E-state index >= 15 is 0 Å². The Balaban J connectivity index is 1.94. The molecule has 0 amide bonds. The number of carboxylic acid groups (broad SMARTS) is 1. The van der Waals surface area contributed by atoms with Crippen LogP contribution in [0.15, 0.2) is 36.4 Å². The van der Waals surface area contributed by atoms with E-state index in [1.54, 1.807) is 0 Å². The zero-order valence-electron chi connectivity index (χ0n) is 8.52. The molecule has 1 aliphatic rings. The van der Waals surface area contributed by atoms with Crippen molar-refractivity contribution in [3.63, 3.8) is 0 Å². The predicted molar refractivity (Wildman–Crippen MR) is 59.4 cm³/mol. The lowest BCUT2D eigenvalue weighted by Gasteiger charge is -2.04. The monoisotopic (exact) mass is 202 g/mol. The van der Waals surface area contributed by atoms with Gasteiger partial charge >= 0.3 is 5.97 Å². The van der Waals surface area contributed by atoms with Crippen LogP contribution in [0.4, 0.5) is 0 Å². The first-order valence-corrected chi connectivity index (χ1v) is 5.18. The van der Waals surface area contributed by atoms with Gasteiger partial charge in [0.05, 0.1) is 5.41 Å². The molecule has 0 spiro atoms. The van der Waals surface area contributed by atoms with Crippen molar-refractivity contribution < 1.29 is 9.90 Å². The van der Waals surface area contributed by atoms with Gasteiger partial charge in [-0.25, -0.2) is 0 Å². The summed E-state index contributed by atoms with van der Waals surface area (Å²) in [7, 11) is 0. The van der Waals surface area contributed by atoms with Gasteiger partial charge in [-0.2, -0.15) is 0 Å². The van der Waals surface area contributed by atoms with Crippen LogP contribution in [0.2, 0.25) is 0 Å². The molecule has 0 atom stereocenters. The molecule has 1 N–H and O–H groups in total. The first kappa shape index (κ1) is 9.97. The number of aliphatic carboxylic acids is 1. The molecule has 1 fully saturated rings. The number of hydrogen-bond donors (Lipinski definition) is 1. The molecule has 0 aromatic heterocycles. The maximum atomic E-state index is 10.9. The summed E-state index contributed by atoms with van der Waals surface area (Å²) in [5, 5.41) is 8.97. The van der Waals surface area contributed by atoms with Crippen LogP contribution in [0.3, 0.4) is 0 Å². The Morgan fingerprint density at radius 2 is 2.00 bits per heavy atom. The Bertz CT molecular complexity index is 375. The first-order chi connectivity index (χ1) is 7.23. The van der Waals surface area contributed by atoms with E-state index in [1.807, 2.05) is 42.5 Å². The standard InChI is InChI=1S/C13H14O2/c14-12(15)13(9-10-13)8-4-7-11-5-2-1-3-6-11/h1-7H,8-10H2,(H,14,15). The van der Waals surface area contributed by atoms with E-state index < -0.39 is 11.4 Å². The molecule has 2 rings (SSSR count). The number of allylic oxidation sites excluding steroid dienone is 1. The molecule has 2 heteroatoms. The molecule has 0 unspecified atom stereocenters. The summed E-state index contributed by atoms with van der Waals surface area (Å²) >= 11 is 0. The number of carbonyl (C=O) groups is 1. The third-order valence-corrected chi connectivity index (χ3v) is 2.93. The molecule has 0 aliphatic heterocycles. The second-order valence-corrected chi connectivity index (χ2v) is 4.10. The Morgan fingerprint density at radius 3 is 2.53 bits per heavy atom. The molecule has 0 bridgehead atoms. The quantitative estimate of drug-likeness (QED) is 0.815. The lowest BCUT2D eigenvalue weighted by atomic mass is 10.0. The zero-order valence-corrected chi connectivity index (χ0v) is 8.52. The Morgan fingerprint density at radius 1 is 1.33 bits per heavy atom. The average Bonchev–Trinajstić information content (AvgIpc) is 3.01. The minimum atomic E-state index is -0.653. The summed E-state index contributed by atoms with van der Waals surface area (Å²) in [6.45, 7) is 0. The third-order valence-electron chi connectivity index (χ3n) is 2.93. The fraction of sp³-hybridized carbons (Fsp3) is 0.308. The van der Waals surface area contributed by atoms with Crippen LogP contribution in [0, 0.1) is 5.41 Å². The zero-order chi connectivity index (χ0) is 10.7. The smallest absolute Gasteiger partial charge is 0.309 e. The fourth-order valence-electron chi connectivity index (χ4n) is 1.64. The van der Waals surface area contributed by atoms with E-state index in [0.29, 0.717) is 6.42 Å². The Labute approximate surface area is 89.2 Å². The fourth-order valence-corrected chi connectivity index (χ4v) is 1.64. The van der Waals surface area contributed by atoms with E-state index in [4.69, 9.17) is 5.11 Å². The molecule has 1 saturated carbocycles. The molecular formula is C13H14O2. The van der Waals surface area contributed by atoms with Gasteiger partial charge < -0.3 is 5.11 Å². The van der Waals surface area contributed by atoms with Gasteiger partial charge in [-0.1, -0.05) is 42.5 Å². The van der Waals surface area contributed by atoms with Crippen molar-refractivity contribution >= 4 is 12.0 Å². The highest BCUT2D eigenvalue weighted by atomic mass is 16.4. The minimum absolute atomic E-state index is 0.439. The van der Waals surface area contributed by atoms with Crippen LogP contribution in [0.1, 0.15) is 24.8 Å². The van der Waals surface area contributed by atoms with E-state index in [1.165, 1.54) is 0 Å². The summed E-state index contributed by atoms with van der Waals surface area (Å²) in [6.07, 6.45) is 6.25.